The summed E-state index contributed by atoms with van der Waals surface area (Å²) >= 11 is 0. The van der Waals surface area contributed by atoms with Crippen molar-refractivity contribution < 1.29 is 4.79 Å². The molecule has 2 nitrogen and oxygen atoms in total. The Balaban J connectivity index is 1.72. The number of nitrogens with one attached hydrogen (secondary N) is 1. The topological polar surface area (TPSA) is 29.1 Å². The second kappa shape index (κ2) is 4.36. The van der Waals surface area contributed by atoms with E-state index in [1.807, 2.05) is 0 Å². The van der Waals surface area contributed by atoms with Gasteiger partial charge >= 0.3 is 0 Å². The van der Waals surface area contributed by atoms with E-state index >= 15 is 0 Å². The maximum Gasteiger partial charge on any atom is 0.243 e. The van der Waals surface area contributed by atoms with Gasteiger partial charge < -0.3 is 5.32 Å². The summed E-state index contributed by atoms with van der Waals surface area (Å²) in [7, 11) is 0. The van der Waals surface area contributed by atoms with Gasteiger partial charge in [0.15, 0.2) is 0 Å². The van der Waals surface area contributed by atoms with Gasteiger partial charge in [0.2, 0.25) is 5.91 Å². The molecule has 0 radical (unpaired) electrons. The van der Waals surface area contributed by atoms with Crippen molar-refractivity contribution in [2.24, 2.45) is 34.5 Å². The van der Waals surface area contributed by atoms with Crippen LogP contribution in [0.15, 0.2) is 12.2 Å². The molecule has 1 N–H and O–H groups in total. The molecule has 2 unspecified atom stereocenters. The minimum Gasteiger partial charge on any atom is -0.349 e. The highest BCUT2D eigenvalue weighted by atomic mass is 16.1. The maximum absolute atomic E-state index is 11.8. The Kier molecular flexibility index (Phi) is 2.88. The molecule has 21 heavy (non-hydrogen) atoms. The smallest absolute Gasteiger partial charge is 0.243 e. The normalized spacial score (nSPS) is 55.4. The zero-order valence-electron chi connectivity index (χ0n) is 13.7. The second-order valence-electron chi connectivity index (χ2n) is 8.86. The fraction of sp³-hybridized carbons (Fsp3) is 0.842. The summed E-state index contributed by atoms with van der Waals surface area (Å²) in [5.74, 6) is 3.30. The Morgan fingerprint density at radius 1 is 1.19 bits per heavy atom. The molecule has 3 aliphatic carbocycles. The summed E-state index contributed by atoms with van der Waals surface area (Å²) < 4.78 is 0. The van der Waals surface area contributed by atoms with Crippen LogP contribution >= 0.6 is 0 Å². The van der Waals surface area contributed by atoms with Gasteiger partial charge in [-0.2, -0.15) is 0 Å². The van der Waals surface area contributed by atoms with Crippen molar-refractivity contribution in [1.29, 1.82) is 0 Å². The van der Waals surface area contributed by atoms with E-state index in [4.69, 9.17) is 0 Å². The molecule has 3 saturated carbocycles. The SMILES string of the molecule is CC1C[C@@H]2[C@@H](CC[C@]3(C)CCC[C@@H]23)[C@@]2(C)C=CC(=O)NC12. The Labute approximate surface area is 128 Å². The van der Waals surface area contributed by atoms with E-state index in [1.165, 1.54) is 38.5 Å². The number of carbonyl (C=O) groups excluding carboxylic acids is 1. The van der Waals surface area contributed by atoms with Crippen molar-refractivity contribution in [1.82, 2.24) is 5.32 Å². The highest BCUT2D eigenvalue weighted by Gasteiger charge is 2.58. The summed E-state index contributed by atoms with van der Waals surface area (Å²) in [5, 5.41) is 3.29. The molecule has 0 bridgehead atoms. The highest BCUT2D eigenvalue weighted by molar-refractivity contribution is 5.89. The van der Waals surface area contributed by atoms with Crippen molar-refractivity contribution >= 4 is 5.91 Å². The van der Waals surface area contributed by atoms with E-state index in [9.17, 15) is 4.79 Å². The minimum atomic E-state index is 0.115. The lowest BCUT2D eigenvalue weighted by atomic mass is 9.47. The van der Waals surface area contributed by atoms with Gasteiger partial charge in [0.05, 0.1) is 0 Å². The Hall–Kier alpha value is -0.790. The van der Waals surface area contributed by atoms with Gasteiger partial charge in [0.1, 0.15) is 0 Å². The molecule has 2 heteroatoms. The van der Waals surface area contributed by atoms with Gasteiger partial charge in [-0.1, -0.05) is 33.3 Å². The van der Waals surface area contributed by atoms with Crippen LogP contribution in [0.3, 0.4) is 0 Å². The van der Waals surface area contributed by atoms with Crippen molar-refractivity contribution in [3.05, 3.63) is 12.2 Å². The Bertz CT molecular complexity index is 498. The lowest BCUT2D eigenvalue weighted by molar-refractivity contribution is -0.124. The monoisotopic (exact) mass is 287 g/mol. The molecule has 0 saturated heterocycles. The van der Waals surface area contributed by atoms with Gasteiger partial charge in [0, 0.05) is 11.5 Å². The summed E-state index contributed by atoms with van der Waals surface area (Å²) in [6.07, 6.45) is 12.5. The third kappa shape index (κ3) is 1.80. The van der Waals surface area contributed by atoms with Gasteiger partial charge in [-0.3, -0.25) is 4.79 Å². The fourth-order valence-corrected chi connectivity index (χ4v) is 6.77. The van der Waals surface area contributed by atoms with E-state index in [0.717, 1.165) is 17.8 Å². The van der Waals surface area contributed by atoms with Crippen LogP contribution < -0.4 is 5.32 Å². The average molecular weight is 287 g/mol. The third-order valence-electron chi connectivity index (χ3n) is 7.79. The molecular formula is C19H29NO. The minimum absolute atomic E-state index is 0.115. The first kappa shape index (κ1) is 13.8. The lowest BCUT2D eigenvalue weighted by Crippen LogP contribution is -2.62. The molecule has 0 aromatic heterocycles. The quantitative estimate of drug-likeness (QED) is 0.719. The molecule has 116 valence electrons. The standard InChI is InChI=1S/C19H29NO/c1-12-11-13-14-5-4-8-18(14,2)9-6-15(13)19(3)10-7-16(21)20-17(12)19/h7,10,12-15,17H,4-6,8-9,11H2,1-3H3,(H,20,21)/t12?,13-,14-,15+,17?,18-,19+/m0/s1. The first-order valence-electron chi connectivity index (χ1n) is 8.94. The summed E-state index contributed by atoms with van der Waals surface area (Å²) in [5.41, 5.74) is 0.797. The van der Waals surface area contributed by atoms with Crippen LogP contribution in [0, 0.1) is 34.5 Å². The van der Waals surface area contributed by atoms with Crippen LogP contribution in [-0.4, -0.2) is 11.9 Å². The predicted octanol–water partition coefficient (Wildman–Crippen LogP) is 3.92. The van der Waals surface area contributed by atoms with Gasteiger partial charge in [-0.25, -0.2) is 0 Å². The number of amides is 1. The molecule has 7 atom stereocenters. The Morgan fingerprint density at radius 2 is 2.00 bits per heavy atom. The van der Waals surface area contributed by atoms with Crippen LogP contribution in [0.1, 0.15) is 59.3 Å². The summed E-state index contributed by atoms with van der Waals surface area (Å²) in [6.45, 7) is 7.33. The highest BCUT2D eigenvalue weighted by Crippen LogP contribution is 2.64. The lowest BCUT2D eigenvalue weighted by Gasteiger charge is -2.60. The number of hydrogen-bond acceptors (Lipinski definition) is 1. The predicted molar refractivity (Wildman–Crippen MR) is 84.6 cm³/mol. The average Bonchev–Trinajstić information content (AvgIpc) is 2.83. The van der Waals surface area contributed by atoms with E-state index < -0.39 is 0 Å². The largest absolute Gasteiger partial charge is 0.349 e. The molecule has 1 heterocycles. The van der Waals surface area contributed by atoms with Gasteiger partial charge in [0.25, 0.3) is 0 Å². The molecule has 0 aromatic carbocycles. The molecule has 1 aliphatic heterocycles. The van der Waals surface area contributed by atoms with Crippen molar-refractivity contribution in [3.63, 3.8) is 0 Å². The Morgan fingerprint density at radius 3 is 2.81 bits per heavy atom. The first-order chi connectivity index (χ1) is 9.94. The first-order valence-corrected chi connectivity index (χ1v) is 8.94. The van der Waals surface area contributed by atoms with Crippen LogP contribution in [0.25, 0.3) is 0 Å². The molecule has 1 amide bonds. The summed E-state index contributed by atoms with van der Waals surface area (Å²) in [4.78, 5) is 11.8. The fourth-order valence-electron chi connectivity index (χ4n) is 6.77. The molecular weight excluding hydrogens is 258 g/mol. The molecule has 3 fully saturated rings. The zero-order chi connectivity index (χ0) is 14.8. The summed E-state index contributed by atoms with van der Waals surface area (Å²) in [6, 6.07) is 0.349. The van der Waals surface area contributed by atoms with Crippen molar-refractivity contribution in [2.45, 2.75) is 65.3 Å². The van der Waals surface area contributed by atoms with Crippen LogP contribution in [0.2, 0.25) is 0 Å². The number of rotatable bonds is 0. The van der Waals surface area contributed by atoms with Crippen LogP contribution in [0.4, 0.5) is 0 Å². The molecule has 0 spiro atoms. The molecule has 4 aliphatic rings. The van der Waals surface area contributed by atoms with Crippen LogP contribution in [-0.2, 0) is 4.79 Å². The van der Waals surface area contributed by atoms with E-state index in [1.54, 1.807) is 6.08 Å². The molecule has 4 rings (SSSR count). The van der Waals surface area contributed by atoms with Crippen LogP contribution in [0.5, 0.6) is 0 Å². The van der Waals surface area contributed by atoms with E-state index in [2.05, 4.69) is 32.2 Å². The zero-order valence-corrected chi connectivity index (χ0v) is 13.7. The molecule has 0 aromatic rings. The number of fused-ring (bicyclic) bond motifs is 5. The third-order valence-corrected chi connectivity index (χ3v) is 7.79. The van der Waals surface area contributed by atoms with E-state index in [0.29, 0.717) is 17.4 Å². The van der Waals surface area contributed by atoms with Crippen molar-refractivity contribution in [2.75, 3.05) is 0 Å². The van der Waals surface area contributed by atoms with Gasteiger partial charge in [-0.05, 0) is 67.3 Å². The maximum atomic E-state index is 11.8. The van der Waals surface area contributed by atoms with Gasteiger partial charge in [-0.15, -0.1) is 0 Å². The number of carbonyl (C=O) groups is 1. The number of hydrogen-bond donors (Lipinski definition) is 1. The second-order valence-corrected chi connectivity index (χ2v) is 8.86. The van der Waals surface area contributed by atoms with E-state index in [-0.39, 0.29) is 11.3 Å². The van der Waals surface area contributed by atoms with Crippen molar-refractivity contribution in [3.8, 4) is 0 Å².